The van der Waals surface area contributed by atoms with E-state index in [0.717, 1.165) is 62.4 Å². The highest BCUT2D eigenvalue weighted by molar-refractivity contribution is 6.08. The summed E-state index contributed by atoms with van der Waals surface area (Å²) in [6, 6.07) is 0. The molecular weight excluding hydrogens is 448 g/mol. The van der Waals surface area contributed by atoms with Crippen molar-refractivity contribution < 1.29 is 14.4 Å². The molecule has 0 bridgehead atoms. The molecule has 0 aliphatic heterocycles. The van der Waals surface area contributed by atoms with Gasteiger partial charge in [-0.3, -0.25) is 4.79 Å². The number of isocyanates is 1. The molecule has 190 valence electrons. The summed E-state index contributed by atoms with van der Waals surface area (Å²) in [5.74, 6) is 1.90. The van der Waals surface area contributed by atoms with Crippen LogP contribution in [-0.2, 0) is 14.4 Å². The first-order valence-electron chi connectivity index (χ1n) is 13.4. The molecule has 5 rings (SSSR count). The van der Waals surface area contributed by atoms with E-state index in [9.17, 15) is 14.4 Å². The van der Waals surface area contributed by atoms with Crippen molar-refractivity contribution in [1.29, 1.82) is 0 Å². The number of Topliss-reactive ketones (excluding diaryl/α,β-unsaturated/α-hetero) is 1. The van der Waals surface area contributed by atoms with Gasteiger partial charge in [-0.15, -0.1) is 0 Å². The number of nitrogens with zero attached hydrogens (tertiary/aromatic N) is 2. The fraction of sp³-hybridized carbons (Fsp3) is 0.677. The van der Waals surface area contributed by atoms with E-state index in [0.29, 0.717) is 0 Å². The zero-order chi connectivity index (χ0) is 26.5. The molecule has 36 heavy (non-hydrogen) atoms. The van der Waals surface area contributed by atoms with Crippen LogP contribution in [0.2, 0.25) is 0 Å². The van der Waals surface area contributed by atoms with Crippen molar-refractivity contribution in [1.82, 2.24) is 0 Å². The van der Waals surface area contributed by atoms with Gasteiger partial charge in [0, 0.05) is 16.7 Å². The number of hydrogen-bond acceptors (Lipinski definition) is 4. The lowest BCUT2D eigenvalue weighted by atomic mass is 9.35. The van der Waals surface area contributed by atoms with E-state index in [1.807, 2.05) is 32.1 Å². The summed E-state index contributed by atoms with van der Waals surface area (Å²) in [7, 11) is 0. The Hall–Kier alpha value is -2.31. The Kier molecular flexibility index (Phi) is 5.20. The zero-order valence-electron chi connectivity index (χ0n) is 22.8. The molecule has 0 heterocycles. The average Bonchev–Trinajstić information content (AvgIpc) is 2.79. The fourth-order valence-corrected chi connectivity index (χ4v) is 9.13. The maximum atomic E-state index is 14.2. The predicted molar refractivity (Wildman–Crippen MR) is 138 cm³/mol. The number of allylic oxidation sites excluding steroid dienone is 4. The van der Waals surface area contributed by atoms with E-state index in [2.05, 4.69) is 44.5 Å². The Labute approximate surface area is 215 Å². The highest BCUT2D eigenvalue weighted by Crippen LogP contribution is 2.74. The van der Waals surface area contributed by atoms with Gasteiger partial charge in [-0.2, -0.15) is 4.99 Å². The monoisotopic (exact) mass is 486 g/mol. The maximum absolute atomic E-state index is 14.2. The van der Waals surface area contributed by atoms with Gasteiger partial charge in [-0.25, -0.2) is 9.64 Å². The Balaban J connectivity index is 1.71. The van der Waals surface area contributed by atoms with Crippen molar-refractivity contribution in [2.75, 3.05) is 0 Å². The second-order valence-electron chi connectivity index (χ2n) is 14.1. The van der Waals surface area contributed by atoms with E-state index in [-0.39, 0.29) is 34.0 Å². The molecule has 0 aromatic heterocycles. The maximum Gasteiger partial charge on any atom is 0.235 e. The summed E-state index contributed by atoms with van der Waals surface area (Å²) in [6.07, 6.45) is 11.4. The number of rotatable bonds is 1. The molecule has 0 amide bonds. The minimum Gasteiger partial charge on any atom is -0.307 e. The van der Waals surface area contributed by atoms with Crippen molar-refractivity contribution in [3.63, 3.8) is 0 Å². The van der Waals surface area contributed by atoms with Gasteiger partial charge in [0.1, 0.15) is 0 Å². The molecule has 3 saturated carbocycles. The quantitative estimate of drug-likeness (QED) is 0.239. The Bertz CT molecular complexity index is 1210. The zero-order valence-corrected chi connectivity index (χ0v) is 22.8. The highest BCUT2D eigenvalue weighted by Gasteiger charge is 2.70. The first-order valence-corrected chi connectivity index (χ1v) is 13.4. The normalized spacial score (nSPS) is 43.4. The van der Waals surface area contributed by atoms with E-state index >= 15 is 0 Å². The van der Waals surface area contributed by atoms with Crippen molar-refractivity contribution in [3.05, 3.63) is 46.7 Å². The van der Waals surface area contributed by atoms with Crippen molar-refractivity contribution in [2.45, 2.75) is 99.0 Å². The molecular formula is C31H38N2O3. The van der Waals surface area contributed by atoms with Crippen LogP contribution in [0, 0.1) is 51.4 Å². The van der Waals surface area contributed by atoms with E-state index < -0.39 is 21.8 Å². The van der Waals surface area contributed by atoms with Gasteiger partial charge in [0.2, 0.25) is 11.8 Å². The van der Waals surface area contributed by atoms with Gasteiger partial charge in [0.25, 0.3) is 0 Å². The van der Waals surface area contributed by atoms with Crippen LogP contribution in [-0.4, -0.2) is 23.2 Å². The molecule has 5 nitrogen and oxygen atoms in total. The Morgan fingerprint density at radius 2 is 1.64 bits per heavy atom. The Morgan fingerprint density at radius 3 is 2.28 bits per heavy atom. The summed E-state index contributed by atoms with van der Waals surface area (Å²) >= 11 is 0. The number of aliphatic imine (C=N–C) groups is 1. The first kappa shape index (κ1) is 25.3. The number of carbonyl (C=O) groups excluding carboxylic acids is 3. The molecule has 0 aromatic carbocycles. The summed E-state index contributed by atoms with van der Waals surface area (Å²) in [4.78, 5) is 47.0. The Morgan fingerprint density at radius 1 is 0.972 bits per heavy atom. The average molecular weight is 487 g/mol. The van der Waals surface area contributed by atoms with Gasteiger partial charge in [-0.05, 0) is 73.2 Å². The van der Waals surface area contributed by atoms with Gasteiger partial charge >= 0.3 is 0 Å². The molecule has 0 unspecified atom stereocenters. The lowest BCUT2D eigenvalue weighted by molar-refractivity contribution is -0.133. The lowest BCUT2D eigenvalue weighted by Gasteiger charge is -2.68. The molecule has 5 atom stereocenters. The first-order chi connectivity index (χ1) is 16.6. The van der Waals surface area contributed by atoms with E-state index in [1.165, 1.54) is 0 Å². The SMILES string of the molecule is [C-]#[N+]C1=C[C@]2(C)C3=CC(=O)[C]4[C]5CC(C)(C)CC[C@]5(N=C=O)CC[C@@]4(C)[C@]3(C)CC[C@H]2C(C)(C)C1=O. The predicted octanol–water partition coefficient (Wildman–Crippen LogP) is 6.56. The number of carbonyl (C=O) groups is 2. The highest BCUT2D eigenvalue weighted by atomic mass is 16.1. The van der Waals surface area contributed by atoms with Crippen LogP contribution in [0.1, 0.15) is 93.4 Å². The summed E-state index contributed by atoms with van der Waals surface area (Å²) in [6.45, 7) is 22.8. The molecule has 5 aliphatic rings. The molecule has 5 aliphatic carbocycles. The summed E-state index contributed by atoms with van der Waals surface area (Å²) in [5, 5.41) is 0. The van der Waals surface area contributed by atoms with Crippen molar-refractivity contribution in [3.8, 4) is 0 Å². The molecule has 0 aromatic rings. The van der Waals surface area contributed by atoms with E-state index in [1.54, 1.807) is 0 Å². The minimum atomic E-state index is -0.665. The van der Waals surface area contributed by atoms with Gasteiger partial charge in [0.05, 0.1) is 18.0 Å². The second-order valence-corrected chi connectivity index (χ2v) is 14.1. The van der Waals surface area contributed by atoms with Crippen LogP contribution in [0.15, 0.2) is 28.4 Å². The van der Waals surface area contributed by atoms with Gasteiger partial charge in [-0.1, -0.05) is 60.1 Å². The van der Waals surface area contributed by atoms with Crippen molar-refractivity contribution in [2.24, 2.45) is 38.0 Å². The molecule has 5 heteroatoms. The number of fused-ring (bicyclic) bond motifs is 7. The van der Waals surface area contributed by atoms with Gasteiger partial charge < -0.3 is 4.79 Å². The fourth-order valence-electron chi connectivity index (χ4n) is 9.13. The molecule has 0 N–H and O–H groups in total. The van der Waals surface area contributed by atoms with Crippen LogP contribution in [0.25, 0.3) is 4.85 Å². The lowest BCUT2D eigenvalue weighted by Crippen LogP contribution is -2.64. The second kappa shape index (κ2) is 7.38. The van der Waals surface area contributed by atoms with Crippen LogP contribution in [0.5, 0.6) is 0 Å². The van der Waals surface area contributed by atoms with Gasteiger partial charge in [0.15, 0.2) is 11.6 Å². The third kappa shape index (κ3) is 2.94. The minimum absolute atomic E-state index is 0.0252. The van der Waals surface area contributed by atoms with Crippen LogP contribution >= 0.6 is 0 Å². The summed E-state index contributed by atoms with van der Waals surface area (Å²) < 4.78 is 0. The van der Waals surface area contributed by atoms with E-state index in [4.69, 9.17) is 6.57 Å². The topological polar surface area (TPSA) is 67.9 Å². The third-order valence-corrected chi connectivity index (χ3v) is 11.4. The third-order valence-electron chi connectivity index (χ3n) is 11.4. The van der Waals surface area contributed by atoms with Crippen molar-refractivity contribution >= 4 is 17.6 Å². The van der Waals surface area contributed by atoms with Crippen LogP contribution < -0.4 is 0 Å². The number of hydrogen-bond donors (Lipinski definition) is 0. The standard InChI is InChI=1S/C31H38N2O3/c1-26(2)11-13-31(33-18-34)14-12-30(7)24(19(31)16-26)21(35)15-23-28(5)17-20(32-8)25(36)27(3,4)22(28)9-10-29(23,30)6/h15,17,22H,9-14,16H2,1-7H3/t22-,28-,29+,30+,31-/m0/s1. The molecule has 0 spiro atoms. The van der Waals surface area contributed by atoms with Crippen LogP contribution in [0.3, 0.4) is 0 Å². The molecule has 3 fully saturated rings. The van der Waals surface area contributed by atoms with Crippen LogP contribution in [0.4, 0.5) is 0 Å². The smallest absolute Gasteiger partial charge is 0.235 e. The number of ketones is 2. The largest absolute Gasteiger partial charge is 0.307 e. The molecule has 0 saturated heterocycles. The molecule has 2 radical (unpaired) electrons. The summed E-state index contributed by atoms with van der Waals surface area (Å²) in [5.41, 5.74) is -1.20.